The van der Waals surface area contributed by atoms with Gasteiger partial charge in [0.05, 0.1) is 6.04 Å². The summed E-state index contributed by atoms with van der Waals surface area (Å²) in [5.41, 5.74) is 0.553. The van der Waals surface area contributed by atoms with E-state index in [0.29, 0.717) is 23.2 Å². The highest BCUT2D eigenvalue weighted by atomic mass is 16.6. The van der Waals surface area contributed by atoms with E-state index in [1.807, 2.05) is 37.3 Å². The number of benzene rings is 1. The second kappa shape index (κ2) is 7.96. The molecule has 1 unspecified atom stereocenters. The van der Waals surface area contributed by atoms with Crippen molar-refractivity contribution in [1.29, 1.82) is 0 Å². The molecule has 2 bridgehead atoms. The molecular formula is C25H38BNO5. The van der Waals surface area contributed by atoms with Gasteiger partial charge in [-0.1, -0.05) is 51.1 Å². The SMILES string of the molecule is [CH2-][N+](CC(C)=O)(CC(=O)OB(O)[C@@H]1O[C@@]1(C)c1ccccc1)[C@@H]1C[C@@H]2C[C@H]([C@H]1C)C2(C)C.[HH]. The molecule has 0 aromatic heterocycles. The van der Waals surface area contributed by atoms with Crippen molar-refractivity contribution in [1.82, 2.24) is 0 Å². The van der Waals surface area contributed by atoms with Crippen LogP contribution in [0.1, 0.15) is 54.5 Å². The van der Waals surface area contributed by atoms with E-state index in [1.165, 1.54) is 6.42 Å². The largest absolute Gasteiger partial charge is 0.559 e. The molecule has 5 rings (SSSR count). The van der Waals surface area contributed by atoms with Crippen LogP contribution in [-0.4, -0.2) is 53.5 Å². The lowest BCUT2D eigenvalue weighted by molar-refractivity contribution is -0.904. The van der Waals surface area contributed by atoms with Crippen LogP contribution in [0.3, 0.4) is 0 Å². The first-order valence-corrected chi connectivity index (χ1v) is 11.7. The molecule has 6 nitrogen and oxygen atoms in total. The van der Waals surface area contributed by atoms with Gasteiger partial charge in [-0.15, -0.1) is 7.05 Å². The van der Waals surface area contributed by atoms with E-state index >= 15 is 0 Å². The molecule has 7 atom stereocenters. The summed E-state index contributed by atoms with van der Waals surface area (Å²) in [6, 6.07) is 9.09. The van der Waals surface area contributed by atoms with Crippen LogP contribution in [0.25, 0.3) is 0 Å². The Morgan fingerprint density at radius 1 is 1.25 bits per heavy atom. The van der Waals surface area contributed by atoms with E-state index in [0.717, 1.165) is 12.0 Å². The van der Waals surface area contributed by atoms with Crippen molar-refractivity contribution < 1.29 is 29.9 Å². The Balaban J connectivity index is 0.00000306. The lowest BCUT2D eigenvalue weighted by atomic mass is 9.44. The van der Waals surface area contributed by atoms with Gasteiger partial charge in [0.2, 0.25) is 0 Å². The van der Waals surface area contributed by atoms with Crippen LogP contribution in [0.5, 0.6) is 0 Å². The number of hydrogen-bond donors (Lipinski definition) is 1. The Labute approximate surface area is 193 Å². The highest BCUT2D eigenvalue weighted by molar-refractivity contribution is 6.48. The second-order valence-corrected chi connectivity index (χ2v) is 11.2. The number of quaternary nitrogens is 1. The van der Waals surface area contributed by atoms with Crippen molar-refractivity contribution in [3.05, 3.63) is 42.9 Å². The molecule has 0 amide bonds. The molecule has 1 heterocycles. The zero-order valence-corrected chi connectivity index (χ0v) is 19.9. The number of Topliss-reactive ketones (excluding diaryl/α,β-unsaturated/α-hetero) is 1. The third kappa shape index (κ3) is 3.93. The smallest absolute Gasteiger partial charge is 0.504 e. The van der Waals surface area contributed by atoms with Gasteiger partial charge in [-0.3, -0.25) is 4.79 Å². The number of ketones is 1. The quantitative estimate of drug-likeness (QED) is 0.289. The number of epoxide rings is 1. The summed E-state index contributed by atoms with van der Waals surface area (Å²) in [5.74, 6) is 0.975. The summed E-state index contributed by atoms with van der Waals surface area (Å²) in [4.78, 5) is 25.0. The normalized spacial score (nSPS) is 36.4. The summed E-state index contributed by atoms with van der Waals surface area (Å²) in [6.07, 6.45) is 2.17. The maximum Gasteiger partial charge on any atom is 0.559 e. The van der Waals surface area contributed by atoms with Crippen LogP contribution in [0.2, 0.25) is 0 Å². The molecule has 176 valence electrons. The van der Waals surface area contributed by atoms with Crippen molar-refractivity contribution >= 4 is 18.9 Å². The lowest BCUT2D eigenvalue weighted by Gasteiger charge is -2.66. The predicted molar refractivity (Wildman–Crippen MR) is 124 cm³/mol. The van der Waals surface area contributed by atoms with Crippen LogP contribution < -0.4 is 0 Å². The van der Waals surface area contributed by atoms with Gasteiger partial charge in [-0.25, -0.2) is 4.79 Å². The standard InChI is InChI=1S/C25H36BNO5.H2/c1-16(28)14-27(6,21-13-19-12-20(17(21)2)24(19,3)4)15-22(29)32-26(30)23-25(5,31-23)18-10-8-7-9-11-18;/h7-11,17,19-21,23,30H,6,12-15H2,1-5H3;1H/t17-,19+,20-,21-,23-,25+,27?;/m1./s1. The van der Waals surface area contributed by atoms with Crippen LogP contribution in [0, 0.1) is 30.2 Å². The highest BCUT2D eigenvalue weighted by Crippen LogP contribution is 2.62. The fourth-order valence-corrected chi connectivity index (χ4v) is 6.63. The Bertz CT molecular complexity index is 898. The molecular weight excluding hydrogens is 405 g/mol. The zero-order chi connectivity index (χ0) is 23.5. The van der Waals surface area contributed by atoms with Crippen molar-refractivity contribution in [2.45, 2.75) is 65.1 Å². The molecule has 1 aromatic carbocycles. The van der Waals surface area contributed by atoms with Gasteiger partial charge in [0.15, 0.2) is 12.3 Å². The number of ether oxygens (including phenoxy) is 1. The second-order valence-electron chi connectivity index (χ2n) is 11.2. The average molecular weight is 443 g/mol. The first-order valence-electron chi connectivity index (χ1n) is 11.7. The summed E-state index contributed by atoms with van der Waals surface area (Å²) >= 11 is 0. The maximum atomic E-state index is 12.9. The lowest BCUT2D eigenvalue weighted by Crippen LogP contribution is -2.67. The van der Waals surface area contributed by atoms with Crippen molar-refractivity contribution in [3.8, 4) is 0 Å². The molecule has 3 aliphatic carbocycles. The number of rotatable bonds is 8. The molecule has 4 fully saturated rings. The molecule has 32 heavy (non-hydrogen) atoms. The van der Waals surface area contributed by atoms with Crippen molar-refractivity contribution in [3.63, 3.8) is 0 Å². The van der Waals surface area contributed by atoms with E-state index < -0.39 is 24.7 Å². The third-order valence-corrected chi connectivity index (χ3v) is 8.71. The number of carbonyl (C=O) groups is 2. The summed E-state index contributed by atoms with van der Waals surface area (Å²) < 4.78 is 11.2. The van der Waals surface area contributed by atoms with Gasteiger partial charge in [0, 0.05) is 20.7 Å². The van der Waals surface area contributed by atoms with E-state index in [9.17, 15) is 14.6 Å². The molecule has 0 radical (unpaired) electrons. The van der Waals surface area contributed by atoms with Crippen LogP contribution in [-0.2, 0) is 24.6 Å². The topological polar surface area (TPSA) is 76.1 Å². The first kappa shape index (κ1) is 23.5. The van der Waals surface area contributed by atoms with Crippen LogP contribution >= 0.6 is 0 Å². The number of fused-ring (bicyclic) bond motifs is 2. The molecule has 7 heteroatoms. The monoisotopic (exact) mass is 443 g/mol. The molecule has 1 N–H and O–H groups in total. The van der Waals surface area contributed by atoms with E-state index in [1.54, 1.807) is 6.92 Å². The molecule has 1 aromatic rings. The highest BCUT2D eigenvalue weighted by Gasteiger charge is 2.63. The van der Waals surface area contributed by atoms with Gasteiger partial charge < -0.3 is 18.9 Å². The molecule has 1 aliphatic heterocycles. The first-order chi connectivity index (χ1) is 14.9. The third-order valence-electron chi connectivity index (χ3n) is 8.71. The van der Waals surface area contributed by atoms with E-state index in [2.05, 4.69) is 27.8 Å². The Morgan fingerprint density at radius 3 is 2.47 bits per heavy atom. The average Bonchev–Trinajstić information content (AvgIpc) is 3.40. The maximum absolute atomic E-state index is 12.9. The Kier molecular flexibility index (Phi) is 5.84. The fraction of sp³-hybridized carbons (Fsp3) is 0.640. The minimum absolute atomic E-state index is 0. The van der Waals surface area contributed by atoms with Gasteiger partial charge in [-0.05, 0) is 36.2 Å². The van der Waals surface area contributed by atoms with Gasteiger partial charge >= 0.3 is 13.1 Å². The predicted octanol–water partition coefficient (Wildman–Crippen LogP) is 3.38. The number of hydrogen-bond acceptors (Lipinski definition) is 5. The molecule has 4 aliphatic rings. The van der Waals surface area contributed by atoms with E-state index in [4.69, 9.17) is 9.39 Å². The van der Waals surface area contributed by atoms with Crippen LogP contribution in [0.15, 0.2) is 30.3 Å². The number of carbonyl (C=O) groups excluding carboxylic acids is 2. The van der Waals surface area contributed by atoms with Crippen molar-refractivity contribution in [2.75, 3.05) is 13.1 Å². The Morgan fingerprint density at radius 2 is 1.91 bits per heavy atom. The van der Waals surface area contributed by atoms with E-state index in [-0.39, 0.29) is 30.8 Å². The van der Waals surface area contributed by atoms with Crippen molar-refractivity contribution in [2.24, 2.45) is 23.2 Å². The minimum atomic E-state index is -1.37. The van der Waals surface area contributed by atoms with Gasteiger partial charge in [0.25, 0.3) is 0 Å². The molecule has 3 saturated carbocycles. The van der Waals surface area contributed by atoms with Gasteiger partial charge in [-0.2, -0.15) is 0 Å². The van der Waals surface area contributed by atoms with Crippen LogP contribution in [0.4, 0.5) is 0 Å². The Hall–Kier alpha value is -1.70. The molecule has 1 saturated heterocycles. The summed E-state index contributed by atoms with van der Waals surface area (Å²) in [7, 11) is 3.01. The fourth-order valence-electron chi connectivity index (χ4n) is 6.63. The summed E-state index contributed by atoms with van der Waals surface area (Å²) in [5, 5.41) is 10.6. The molecule has 0 spiro atoms. The number of nitrogens with zero attached hydrogens (tertiary/aromatic N) is 1. The van der Waals surface area contributed by atoms with Gasteiger partial charge in [0.1, 0.15) is 18.1 Å². The zero-order valence-electron chi connectivity index (χ0n) is 19.9. The summed E-state index contributed by atoms with van der Waals surface area (Å²) in [6.45, 7) is 10.4. The minimum Gasteiger partial charge on any atom is -0.504 e.